The van der Waals surface area contributed by atoms with E-state index >= 15 is 0 Å². The second kappa shape index (κ2) is 6.61. The zero-order chi connectivity index (χ0) is 20.1. The van der Waals surface area contributed by atoms with Gasteiger partial charge in [0.05, 0.1) is 28.4 Å². The number of likely N-dealkylation sites (tertiary alicyclic amines) is 1. The standard InChI is InChI=1S/C18H18F3N5O2/c1-10-15-13(18(19,20)21)7-14(23-16(15)28-24-10)11-3-5-26(6-4-11)17(27)12-8-22-25(2)9-12/h7-9,11H,3-6H2,1-2H3. The van der Waals surface area contributed by atoms with Crippen molar-refractivity contribution in [3.63, 3.8) is 0 Å². The molecule has 0 aromatic carbocycles. The van der Waals surface area contributed by atoms with Crippen molar-refractivity contribution in [2.75, 3.05) is 13.1 Å². The fourth-order valence-electron chi connectivity index (χ4n) is 3.64. The first-order chi connectivity index (χ1) is 13.2. The summed E-state index contributed by atoms with van der Waals surface area (Å²) in [7, 11) is 1.73. The number of pyridine rings is 1. The normalized spacial score (nSPS) is 16.1. The molecule has 0 saturated carbocycles. The van der Waals surface area contributed by atoms with Crippen LogP contribution < -0.4 is 0 Å². The Morgan fingerprint density at radius 2 is 2.00 bits per heavy atom. The minimum Gasteiger partial charge on any atom is -0.339 e. The lowest BCUT2D eigenvalue weighted by Gasteiger charge is -2.31. The number of hydrogen-bond donors (Lipinski definition) is 0. The SMILES string of the molecule is Cc1noc2nc(C3CCN(C(=O)c4cnn(C)c4)CC3)cc(C(F)(F)F)c12. The highest BCUT2D eigenvalue weighted by Crippen LogP contribution is 2.38. The molecule has 3 aromatic rings. The van der Waals surface area contributed by atoms with Gasteiger partial charge in [-0.3, -0.25) is 9.48 Å². The van der Waals surface area contributed by atoms with Gasteiger partial charge in [-0.25, -0.2) is 4.98 Å². The molecule has 4 rings (SSSR count). The molecule has 1 fully saturated rings. The topological polar surface area (TPSA) is 77.1 Å². The fourth-order valence-corrected chi connectivity index (χ4v) is 3.64. The highest BCUT2D eigenvalue weighted by Gasteiger charge is 2.37. The van der Waals surface area contributed by atoms with Gasteiger partial charge < -0.3 is 9.42 Å². The van der Waals surface area contributed by atoms with Crippen LogP contribution in [0.1, 0.15) is 46.1 Å². The summed E-state index contributed by atoms with van der Waals surface area (Å²) in [5.41, 5.74) is 0.107. The van der Waals surface area contributed by atoms with Crippen molar-refractivity contribution in [2.45, 2.75) is 31.9 Å². The predicted octanol–water partition coefficient (Wildman–Crippen LogP) is 3.30. The van der Waals surface area contributed by atoms with Crippen LogP contribution in [0.4, 0.5) is 13.2 Å². The van der Waals surface area contributed by atoms with Crippen LogP contribution in [0.5, 0.6) is 0 Å². The molecule has 1 aliphatic heterocycles. The van der Waals surface area contributed by atoms with Crippen LogP contribution >= 0.6 is 0 Å². The summed E-state index contributed by atoms with van der Waals surface area (Å²) in [4.78, 5) is 18.5. The Balaban J connectivity index is 1.56. The number of alkyl halides is 3. The number of aromatic nitrogens is 4. The number of carbonyl (C=O) groups is 1. The van der Waals surface area contributed by atoms with Crippen molar-refractivity contribution in [1.29, 1.82) is 0 Å². The second-order valence-corrected chi connectivity index (χ2v) is 7.01. The lowest BCUT2D eigenvalue weighted by atomic mass is 9.91. The Morgan fingerprint density at radius 1 is 1.29 bits per heavy atom. The first-order valence-electron chi connectivity index (χ1n) is 8.86. The van der Waals surface area contributed by atoms with Gasteiger partial charge in [0, 0.05) is 37.9 Å². The molecule has 0 unspecified atom stereocenters. The molecule has 1 saturated heterocycles. The summed E-state index contributed by atoms with van der Waals surface area (Å²) in [6, 6.07) is 1.09. The molecule has 7 nitrogen and oxygen atoms in total. The number of nitrogens with zero attached hydrogens (tertiary/aromatic N) is 5. The molecule has 10 heteroatoms. The van der Waals surface area contributed by atoms with Gasteiger partial charge in [0.1, 0.15) is 0 Å². The van der Waals surface area contributed by atoms with Crippen LogP contribution in [-0.4, -0.2) is 43.8 Å². The van der Waals surface area contributed by atoms with E-state index in [9.17, 15) is 18.0 Å². The number of carbonyl (C=O) groups excluding carboxylic acids is 1. The van der Waals surface area contributed by atoms with Gasteiger partial charge in [0.2, 0.25) is 0 Å². The maximum Gasteiger partial charge on any atom is 0.417 e. The zero-order valence-corrected chi connectivity index (χ0v) is 15.3. The van der Waals surface area contributed by atoms with Crippen molar-refractivity contribution in [3.8, 4) is 0 Å². The van der Waals surface area contributed by atoms with Crippen LogP contribution in [0, 0.1) is 6.92 Å². The van der Waals surface area contributed by atoms with Crippen molar-refractivity contribution in [1.82, 2.24) is 24.8 Å². The third kappa shape index (κ3) is 3.23. The molecular weight excluding hydrogens is 375 g/mol. The van der Waals surface area contributed by atoms with E-state index in [-0.39, 0.29) is 28.6 Å². The van der Waals surface area contributed by atoms with Gasteiger partial charge in [0.25, 0.3) is 11.6 Å². The molecule has 0 N–H and O–H groups in total. The van der Waals surface area contributed by atoms with Gasteiger partial charge in [0.15, 0.2) is 0 Å². The number of rotatable bonds is 2. The van der Waals surface area contributed by atoms with Crippen LogP contribution in [-0.2, 0) is 13.2 Å². The summed E-state index contributed by atoms with van der Waals surface area (Å²) in [5.74, 6) is -0.314. The first-order valence-corrected chi connectivity index (χ1v) is 8.86. The first kappa shape index (κ1) is 18.5. The summed E-state index contributed by atoms with van der Waals surface area (Å²) in [6.45, 7) is 2.34. The minimum atomic E-state index is -4.52. The van der Waals surface area contributed by atoms with Crippen LogP contribution in [0.25, 0.3) is 11.1 Å². The van der Waals surface area contributed by atoms with Gasteiger partial charge in [-0.05, 0) is 25.8 Å². The molecule has 28 heavy (non-hydrogen) atoms. The largest absolute Gasteiger partial charge is 0.417 e. The number of piperidine rings is 1. The summed E-state index contributed by atoms with van der Waals surface area (Å²) in [6.07, 6.45) is -0.329. The molecule has 4 heterocycles. The van der Waals surface area contributed by atoms with E-state index in [0.717, 1.165) is 6.07 Å². The number of halogens is 3. The van der Waals surface area contributed by atoms with Crippen molar-refractivity contribution < 1.29 is 22.5 Å². The molecule has 0 spiro atoms. The Bertz CT molecular complexity index is 1030. The number of hydrogen-bond acceptors (Lipinski definition) is 5. The number of fused-ring (bicyclic) bond motifs is 1. The molecule has 0 radical (unpaired) electrons. The average Bonchev–Trinajstić information content (AvgIpc) is 3.26. The fraction of sp³-hybridized carbons (Fsp3) is 0.444. The number of aryl methyl sites for hydroxylation is 2. The summed E-state index contributed by atoms with van der Waals surface area (Å²) < 4.78 is 47.1. The third-order valence-electron chi connectivity index (χ3n) is 5.09. The Labute approximate surface area is 158 Å². The predicted molar refractivity (Wildman–Crippen MR) is 92.6 cm³/mol. The van der Waals surface area contributed by atoms with Crippen LogP contribution in [0.15, 0.2) is 23.0 Å². The maximum absolute atomic E-state index is 13.5. The molecule has 0 aliphatic carbocycles. The van der Waals surface area contributed by atoms with E-state index in [1.54, 1.807) is 22.8 Å². The minimum absolute atomic E-state index is 0.0968. The van der Waals surface area contributed by atoms with E-state index in [0.29, 0.717) is 37.2 Å². The average molecular weight is 393 g/mol. The molecule has 0 atom stereocenters. The lowest BCUT2D eigenvalue weighted by Crippen LogP contribution is -2.38. The van der Waals surface area contributed by atoms with Crippen LogP contribution in [0.3, 0.4) is 0 Å². The Morgan fingerprint density at radius 3 is 2.61 bits per heavy atom. The van der Waals surface area contributed by atoms with E-state index in [4.69, 9.17) is 4.52 Å². The highest BCUT2D eigenvalue weighted by molar-refractivity contribution is 5.93. The van der Waals surface area contributed by atoms with E-state index in [1.807, 2.05) is 0 Å². The van der Waals surface area contributed by atoms with Crippen molar-refractivity contribution >= 4 is 17.0 Å². The smallest absolute Gasteiger partial charge is 0.339 e. The highest BCUT2D eigenvalue weighted by atomic mass is 19.4. The Hall–Kier alpha value is -2.91. The summed E-state index contributed by atoms with van der Waals surface area (Å²) in [5, 5.41) is 7.53. The monoisotopic (exact) mass is 393 g/mol. The molecule has 1 aliphatic rings. The van der Waals surface area contributed by atoms with Gasteiger partial charge in [-0.15, -0.1) is 0 Å². The molecule has 3 aromatic heterocycles. The van der Waals surface area contributed by atoms with E-state index < -0.39 is 11.7 Å². The number of amides is 1. The third-order valence-corrected chi connectivity index (χ3v) is 5.09. The zero-order valence-electron chi connectivity index (χ0n) is 15.3. The van der Waals surface area contributed by atoms with Gasteiger partial charge in [-0.1, -0.05) is 5.16 Å². The molecule has 0 bridgehead atoms. The summed E-state index contributed by atoms with van der Waals surface area (Å²) >= 11 is 0. The van der Waals surface area contributed by atoms with Crippen LogP contribution in [0.2, 0.25) is 0 Å². The quantitative estimate of drug-likeness (QED) is 0.668. The molecular formula is C18H18F3N5O2. The maximum atomic E-state index is 13.5. The van der Waals surface area contributed by atoms with E-state index in [1.165, 1.54) is 13.1 Å². The lowest BCUT2D eigenvalue weighted by molar-refractivity contribution is -0.136. The van der Waals surface area contributed by atoms with Gasteiger partial charge >= 0.3 is 6.18 Å². The Kier molecular flexibility index (Phi) is 4.35. The van der Waals surface area contributed by atoms with Gasteiger partial charge in [-0.2, -0.15) is 18.3 Å². The second-order valence-electron chi connectivity index (χ2n) is 7.01. The molecule has 1 amide bonds. The molecule has 148 valence electrons. The van der Waals surface area contributed by atoms with Crippen molar-refractivity contribution in [3.05, 3.63) is 41.0 Å². The van der Waals surface area contributed by atoms with Crippen molar-refractivity contribution in [2.24, 2.45) is 7.05 Å². The van der Waals surface area contributed by atoms with E-state index in [2.05, 4.69) is 15.2 Å².